The van der Waals surface area contributed by atoms with Gasteiger partial charge in [0.15, 0.2) is 0 Å². The largest absolute Gasteiger partial charge is 0.497 e. The standard InChI is InChI=1S/C28H31N3O3S/c1-20(21-8-12-23(13-9-21)31-16-4-3-5-17-31)29-28(33)26(19-25-7-6-18-35-25)30-27(32)22-10-14-24(34-2)15-11-22/h6-15,18-20H,3-5,16-17H2,1-2H3,(H,29,33)(H,30,32)/b26-19-. The van der Waals surface area contributed by atoms with Crippen LogP contribution in [0.2, 0.25) is 0 Å². The molecule has 3 aromatic rings. The normalized spacial score (nSPS) is 14.8. The van der Waals surface area contributed by atoms with E-state index in [1.807, 2.05) is 24.4 Å². The first-order chi connectivity index (χ1) is 17.0. The van der Waals surface area contributed by atoms with Crippen molar-refractivity contribution in [3.05, 3.63) is 87.7 Å². The van der Waals surface area contributed by atoms with Gasteiger partial charge in [0, 0.05) is 29.2 Å². The molecule has 2 amide bonds. The predicted molar refractivity (Wildman–Crippen MR) is 142 cm³/mol. The Labute approximate surface area is 210 Å². The van der Waals surface area contributed by atoms with E-state index >= 15 is 0 Å². The number of amides is 2. The highest BCUT2D eigenvalue weighted by Gasteiger charge is 2.18. The second-order valence-corrected chi connectivity index (χ2v) is 9.57. The SMILES string of the molecule is COc1ccc(C(=O)N/C(=C\c2cccs2)C(=O)NC(C)c2ccc(N3CCCCC3)cc2)cc1. The average Bonchev–Trinajstić information content (AvgIpc) is 3.42. The molecule has 0 spiro atoms. The number of ether oxygens (including phenoxy) is 1. The maximum Gasteiger partial charge on any atom is 0.268 e. The molecule has 2 N–H and O–H groups in total. The van der Waals surface area contributed by atoms with Crippen molar-refractivity contribution >= 4 is 34.9 Å². The lowest BCUT2D eigenvalue weighted by Gasteiger charge is -2.29. The van der Waals surface area contributed by atoms with Gasteiger partial charge in [0.1, 0.15) is 11.4 Å². The smallest absolute Gasteiger partial charge is 0.268 e. The van der Waals surface area contributed by atoms with Crippen LogP contribution >= 0.6 is 11.3 Å². The highest BCUT2D eigenvalue weighted by atomic mass is 32.1. The van der Waals surface area contributed by atoms with Gasteiger partial charge in [0.2, 0.25) is 0 Å². The molecule has 1 aliphatic rings. The summed E-state index contributed by atoms with van der Waals surface area (Å²) in [6, 6.07) is 18.7. The van der Waals surface area contributed by atoms with E-state index in [-0.39, 0.29) is 23.6 Å². The number of anilines is 1. The molecule has 6 nitrogen and oxygen atoms in total. The number of carbonyl (C=O) groups is 2. The molecule has 7 heteroatoms. The van der Waals surface area contributed by atoms with Crippen molar-refractivity contribution in [2.45, 2.75) is 32.2 Å². The van der Waals surface area contributed by atoms with Crippen molar-refractivity contribution < 1.29 is 14.3 Å². The van der Waals surface area contributed by atoms with E-state index in [9.17, 15) is 9.59 Å². The first-order valence-corrected chi connectivity index (χ1v) is 12.8. The van der Waals surface area contributed by atoms with Crippen LogP contribution in [0.15, 0.2) is 71.7 Å². The van der Waals surface area contributed by atoms with Crippen molar-refractivity contribution in [3.63, 3.8) is 0 Å². The van der Waals surface area contributed by atoms with E-state index < -0.39 is 0 Å². The Balaban J connectivity index is 1.46. The second-order valence-electron chi connectivity index (χ2n) is 8.59. The zero-order chi connectivity index (χ0) is 24.6. The molecule has 2 heterocycles. The van der Waals surface area contributed by atoms with Crippen LogP contribution < -0.4 is 20.3 Å². The number of piperidine rings is 1. The average molecular weight is 490 g/mol. The number of carbonyl (C=O) groups excluding carboxylic acids is 2. The molecule has 0 bridgehead atoms. The van der Waals surface area contributed by atoms with Gasteiger partial charge in [-0.15, -0.1) is 11.3 Å². The van der Waals surface area contributed by atoms with Gasteiger partial charge in [-0.05, 0) is 85.7 Å². The van der Waals surface area contributed by atoms with Gasteiger partial charge < -0.3 is 20.3 Å². The fourth-order valence-corrected chi connectivity index (χ4v) is 4.75. The van der Waals surface area contributed by atoms with Crippen LogP contribution in [0.5, 0.6) is 5.75 Å². The molecule has 4 rings (SSSR count). The number of nitrogens with zero attached hydrogens (tertiary/aromatic N) is 1. The van der Waals surface area contributed by atoms with Crippen LogP contribution in [0, 0.1) is 0 Å². The van der Waals surface area contributed by atoms with Crippen molar-refractivity contribution in [1.82, 2.24) is 10.6 Å². The molecule has 1 aliphatic heterocycles. The van der Waals surface area contributed by atoms with Gasteiger partial charge in [0.25, 0.3) is 11.8 Å². The van der Waals surface area contributed by atoms with Gasteiger partial charge in [0.05, 0.1) is 13.2 Å². The van der Waals surface area contributed by atoms with Gasteiger partial charge >= 0.3 is 0 Å². The summed E-state index contributed by atoms with van der Waals surface area (Å²) in [6.45, 7) is 4.13. The summed E-state index contributed by atoms with van der Waals surface area (Å²) >= 11 is 1.50. The Hall–Kier alpha value is -3.58. The monoisotopic (exact) mass is 489 g/mol. The van der Waals surface area contributed by atoms with Crippen molar-refractivity contribution in [2.75, 3.05) is 25.1 Å². The Morgan fingerprint density at radius 2 is 1.71 bits per heavy atom. The maximum absolute atomic E-state index is 13.2. The van der Waals surface area contributed by atoms with Gasteiger partial charge in [-0.2, -0.15) is 0 Å². The Bertz CT molecular complexity index is 1150. The Morgan fingerprint density at radius 1 is 1.00 bits per heavy atom. The molecule has 1 aromatic heterocycles. The molecular formula is C28H31N3O3S. The number of thiophene rings is 1. The number of hydrogen-bond donors (Lipinski definition) is 2. The molecule has 1 fully saturated rings. The Kier molecular flexibility index (Phi) is 8.21. The highest BCUT2D eigenvalue weighted by Crippen LogP contribution is 2.23. The highest BCUT2D eigenvalue weighted by molar-refractivity contribution is 7.10. The van der Waals surface area contributed by atoms with Crippen LogP contribution in [-0.2, 0) is 4.79 Å². The lowest BCUT2D eigenvalue weighted by atomic mass is 10.1. The predicted octanol–water partition coefficient (Wildman–Crippen LogP) is 5.40. The van der Waals surface area contributed by atoms with E-state index in [0.29, 0.717) is 11.3 Å². The topological polar surface area (TPSA) is 70.7 Å². The summed E-state index contributed by atoms with van der Waals surface area (Å²) in [5, 5.41) is 7.75. The Morgan fingerprint density at radius 3 is 2.34 bits per heavy atom. The molecule has 35 heavy (non-hydrogen) atoms. The molecule has 0 saturated carbocycles. The first kappa shape index (κ1) is 24.5. The minimum absolute atomic E-state index is 0.199. The zero-order valence-corrected chi connectivity index (χ0v) is 20.9. The summed E-state index contributed by atoms with van der Waals surface area (Å²) in [4.78, 5) is 29.4. The summed E-state index contributed by atoms with van der Waals surface area (Å²) in [6.07, 6.45) is 5.47. The number of hydrogen-bond acceptors (Lipinski definition) is 5. The lowest BCUT2D eigenvalue weighted by Crippen LogP contribution is -2.36. The minimum atomic E-state index is -0.357. The van der Waals surface area contributed by atoms with Gasteiger partial charge in [-0.25, -0.2) is 0 Å². The number of benzene rings is 2. The third-order valence-corrected chi connectivity index (χ3v) is 6.96. The molecule has 1 atom stereocenters. The molecule has 0 radical (unpaired) electrons. The molecule has 1 unspecified atom stereocenters. The minimum Gasteiger partial charge on any atom is -0.497 e. The van der Waals surface area contributed by atoms with Crippen molar-refractivity contribution in [1.29, 1.82) is 0 Å². The van der Waals surface area contributed by atoms with E-state index in [0.717, 1.165) is 23.5 Å². The fourth-order valence-electron chi connectivity index (χ4n) is 4.09. The molecule has 0 aliphatic carbocycles. The second kappa shape index (κ2) is 11.7. The van der Waals surface area contributed by atoms with E-state index in [1.54, 1.807) is 37.5 Å². The molecule has 2 aromatic carbocycles. The van der Waals surface area contributed by atoms with Crippen LogP contribution in [0.3, 0.4) is 0 Å². The van der Waals surface area contributed by atoms with E-state index in [4.69, 9.17) is 4.74 Å². The van der Waals surface area contributed by atoms with E-state index in [2.05, 4.69) is 39.8 Å². The van der Waals surface area contributed by atoms with Crippen molar-refractivity contribution in [3.8, 4) is 5.75 Å². The number of rotatable bonds is 8. The fraction of sp³-hybridized carbons (Fsp3) is 0.286. The van der Waals surface area contributed by atoms with Crippen LogP contribution in [0.25, 0.3) is 6.08 Å². The van der Waals surface area contributed by atoms with E-state index in [1.165, 1.54) is 36.3 Å². The maximum atomic E-state index is 13.2. The van der Waals surface area contributed by atoms with Crippen LogP contribution in [0.4, 0.5) is 5.69 Å². The summed E-state index contributed by atoms with van der Waals surface area (Å²) in [5.41, 5.74) is 2.87. The molecular weight excluding hydrogens is 458 g/mol. The number of methoxy groups -OCH3 is 1. The molecule has 182 valence electrons. The van der Waals surface area contributed by atoms with Gasteiger partial charge in [-0.3, -0.25) is 9.59 Å². The summed E-state index contributed by atoms with van der Waals surface area (Å²) in [5.74, 6) is -0.0363. The lowest BCUT2D eigenvalue weighted by molar-refractivity contribution is -0.118. The third kappa shape index (κ3) is 6.51. The molecule has 1 saturated heterocycles. The number of nitrogens with one attached hydrogen (secondary N) is 2. The summed E-state index contributed by atoms with van der Waals surface area (Å²) in [7, 11) is 1.57. The van der Waals surface area contributed by atoms with Crippen LogP contribution in [0.1, 0.15) is 53.0 Å². The quantitative estimate of drug-likeness (QED) is 0.416. The first-order valence-electron chi connectivity index (χ1n) is 11.9. The van der Waals surface area contributed by atoms with Crippen LogP contribution in [-0.4, -0.2) is 32.0 Å². The summed E-state index contributed by atoms with van der Waals surface area (Å²) < 4.78 is 5.16. The van der Waals surface area contributed by atoms with Crippen molar-refractivity contribution in [2.24, 2.45) is 0 Å². The third-order valence-electron chi connectivity index (χ3n) is 6.14. The van der Waals surface area contributed by atoms with Gasteiger partial charge in [-0.1, -0.05) is 18.2 Å². The zero-order valence-electron chi connectivity index (χ0n) is 20.1.